The number of nitrogens with zero attached hydrogens (tertiary/aromatic N) is 1. The van der Waals surface area contributed by atoms with Gasteiger partial charge in [0, 0.05) is 13.2 Å². The van der Waals surface area contributed by atoms with E-state index in [4.69, 9.17) is 4.74 Å². The van der Waals surface area contributed by atoms with Gasteiger partial charge in [-0.05, 0) is 26.2 Å². The van der Waals surface area contributed by atoms with Gasteiger partial charge in [0.1, 0.15) is 4.90 Å². The lowest BCUT2D eigenvalue weighted by Gasteiger charge is -2.08. The molecule has 0 spiro atoms. The first-order valence-corrected chi connectivity index (χ1v) is 7.92. The molecule has 1 aromatic rings. The van der Waals surface area contributed by atoms with Gasteiger partial charge < -0.3 is 4.74 Å². The number of nitrogens with one attached hydrogen (secondary N) is 2. The number of sulfonamides is 1. The highest BCUT2D eigenvalue weighted by atomic mass is 32.2. The van der Waals surface area contributed by atoms with E-state index in [1.807, 2.05) is 0 Å². The third-order valence-electron chi connectivity index (χ3n) is 2.71. The van der Waals surface area contributed by atoms with Crippen molar-refractivity contribution in [3.8, 4) is 0 Å². The van der Waals surface area contributed by atoms with Crippen molar-refractivity contribution in [1.82, 2.24) is 14.9 Å². The fraction of sp³-hybridized carbons (Fsp3) is 0.750. The molecule has 0 radical (unpaired) electrons. The van der Waals surface area contributed by atoms with Crippen molar-refractivity contribution in [1.29, 1.82) is 0 Å². The zero-order chi connectivity index (χ0) is 14.5. The summed E-state index contributed by atoms with van der Waals surface area (Å²) in [6.45, 7) is 8.90. The Labute approximate surface area is 115 Å². The van der Waals surface area contributed by atoms with E-state index in [9.17, 15) is 8.42 Å². The zero-order valence-corrected chi connectivity index (χ0v) is 12.8. The molecule has 7 heteroatoms. The molecule has 0 amide bonds. The van der Waals surface area contributed by atoms with Crippen molar-refractivity contribution in [2.24, 2.45) is 5.92 Å². The lowest BCUT2D eigenvalue weighted by Crippen LogP contribution is -2.28. The molecule has 0 saturated carbocycles. The van der Waals surface area contributed by atoms with Crippen molar-refractivity contribution in [3.63, 3.8) is 0 Å². The molecule has 0 fully saturated rings. The van der Waals surface area contributed by atoms with Crippen molar-refractivity contribution in [3.05, 3.63) is 11.4 Å². The molecule has 0 aliphatic carbocycles. The van der Waals surface area contributed by atoms with E-state index in [0.29, 0.717) is 30.5 Å². The molecular formula is C12H23N3O3S. The van der Waals surface area contributed by atoms with Crippen LogP contribution in [0.3, 0.4) is 0 Å². The van der Waals surface area contributed by atoms with Gasteiger partial charge in [-0.1, -0.05) is 13.8 Å². The SMILES string of the molecule is Cc1n[nH]c(C)c1S(=O)(=O)NCCOCCC(C)C. The fourth-order valence-corrected chi connectivity index (χ4v) is 3.06. The third kappa shape index (κ3) is 4.93. The Morgan fingerprint density at radius 1 is 1.32 bits per heavy atom. The van der Waals surface area contributed by atoms with E-state index in [1.54, 1.807) is 13.8 Å². The number of hydrogen-bond acceptors (Lipinski definition) is 4. The summed E-state index contributed by atoms with van der Waals surface area (Å²) < 4.78 is 32.0. The van der Waals surface area contributed by atoms with E-state index in [0.717, 1.165) is 6.42 Å². The van der Waals surface area contributed by atoms with Gasteiger partial charge in [-0.3, -0.25) is 5.10 Å². The van der Waals surface area contributed by atoms with Gasteiger partial charge in [0.15, 0.2) is 0 Å². The maximum atomic E-state index is 12.0. The second kappa shape index (κ2) is 7.02. The Morgan fingerprint density at radius 2 is 2.00 bits per heavy atom. The van der Waals surface area contributed by atoms with Gasteiger partial charge in [0.25, 0.3) is 0 Å². The normalized spacial score (nSPS) is 12.3. The molecule has 19 heavy (non-hydrogen) atoms. The summed E-state index contributed by atoms with van der Waals surface area (Å²) in [5.41, 5.74) is 1.02. The van der Waals surface area contributed by atoms with E-state index >= 15 is 0 Å². The maximum absolute atomic E-state index is 12.0. The van der Waals surface area contributed by atoms with Gasteiger partial charge in [0.05, 0.1) is 18.0 Å². The maximum Gasteiger partial charge on any atom is 0.244 e. The lowest BCUT2D eigenvalue weighted by atomic mass is 10.1. The smallest absolute Gasteiger partial charge is 0.244 e. The first-order valence-electron chi connectivity index (χ1n) is 6.43. The standard InChI is InChI=1S/C12H23N3O3S/c1-9(2)5-7-18-8-6-13-19(16,17)12-10(3)14-15-11(12)4/h9,13H,5-8H2,1-4H3,(H,14,15). The topological polar surface area (TPSA) is 84.1 Å². The summed E-state index contributed by atoms with van der Waals surface area (Å²) >= 11 is 0. The van der Waals surface area contributed by atoms with E-state index in [1.165, 1.54) is 0 Å². The van der Waals surface area contributed by atoms with Crippen molar-refractivity contribution < 1.29 is 13.2 Å². The van der Waals surface area contributed by atoms with Crippen LogP contribution in [0, 0.1) is 19.8 Å². The minimum Gasteiger partial charge on any atom is -0.380 e. The van der Waals surface area contributed by atoms with E-state index < -0.39 is 10.0 Å². The Hall–Kier alpha value is -0.920. The van der Waals surface area contributed by atoms with Crippen LogP contribution in [-0.4, -0.2) is 38.4 Å². The summed E-state index contributed by atoms with van der Waals surface area (Å²) in [4.78, 5) is 0.231. The molecule has 0 unspecified atom stereocenters. The summed E-state index contributed by atoms with van der Waals surface area (Å²) in [6, 6.07) is 0. The molecule has 110 valence electrons. The molecule has 1 aromatic heterocycles. The number of ether oxygens (including phenoxy) is 1. The van der Waals surface area contributed by atoms with Gasteiger partial charge >= 0.3 is 0 Å². The second-order valence-electron chi connectivity index (χ2n) is 4.96. The minimum atomic E-state index is -3.51. The molecule has 0 bridgehead atoms. The van der Waals surface area contributed by atoms with Crippen LogP contribution >= 0.6 is 0 Å². The summed E-state index contributed by atoms with van der Waals surface area (Å²) in [5, 5.41) is 6.55. The summed E-state index contributed by atoms with van der Waals surface area (Å²) in [6.07, 6.45) is 0.979. The zero-order valence-electron chi connectivity index (χ0n) is 12.0. The number of aryl methyl sites for hydroxylation is 2. The van der Waals surface area contributed by atoms with E-state index in [-0.39, 0.29) is 11.4 Å². The van der Waals surface area contributed by atoms with Crippen LogP contribution in [-0.2, 0) is 14.8 Å². The van der Waals surface area contributed by atoms with Gasteiger partial charge in [-0.2, -0.15) is 5.10 Å². The highest BCUT2D eigenvalue weighted by molar-refractivity contribution is 7.89. The van der Waals surface area contributed by atoms with Crippen LogP contribution in [0.25, 0.3) is 0 Å². The average Bonchev–Trinajstić information content (AvgIpc) is 2.63. The molecule has 0 aliphatic rings. The summed E-state index contributed by atoms with van der Waals surface area (Å²) in [7, 11) is -3.51. The first-order chi connectivity index (χ1) is 8.84. The second-order valence-corrected chi connectivity index (χ2v) is 6.66. The Kier molecular flexibility index (Phi) is 5.96. The number of aromatic nitrogens is 2. The lowest BCUT2D eigenvalue weighted by molar-refractivity contribution is 0.128. The van der Waals surface area contributed by atoms with Crippen LogP contribution < -0.4 is 4.72 Å². The van der Waals surface area contributed by atoms with Crippen molar-refractivity contribution in [2.75, 3.05) is 19.8 Å². The van der Waals surface area contributed by atoms with Crippen molar-refractivity contribution >= 4 is 10.0 Å². The molecule has 0 atom stereocenters. The monoisotopic (exact) mass is 289 g/mol. The van der Waals surface area contributed by atoms with Crippen LogP contribution in [0.2, 0.25) is 0 Å². The molecule has 2 N–H and O–H groups in total. The Bertz CT molecular complexity index is 475. The molecule has 0 aromatic carbocycles. The van der Waals surface area contributed by atoms with E-state index in [2.05, 4.69) is 28.8 Å². The molecule has 6 nitrogen and oxygen atoms in total. The number of rotatable bonds is 8. The largest absolute Gasteiger partial charge is 0.380 e. The van der Waals surface area contributed by atoms with Gasteiger partial charge in [-0.25, -0.2) is 13.1 Å². The Morgan fingerprint density at radius 3 is 2.53 bits per heavy atom. The van der Waals surface area contributed by atoms with Crippen LogP contribution in [0.15, 0.2) is 4.90 Å². The third-order valence-corrected chi connectivity index (χ3v) is 4.43. The summed E-state index contributed by atoms with van der Waals surface area (Å²) in [5.74, 6) is 0.591. The Balaban J connectivity index is 2.40. The average molecular weight is 289 g/mol. The number of H-pyrrole nitrogens is 1. The van der Waals surface area contributed by atoms with Crippen molar-refractivity contribution in [2.45, 2.75) is 39.0 Å². The highest BCUT2D eigenvalue weighted by Gasteiger charge is 2.21. The van der Waals surface area contributed by atoms with Crippen LogP contribution in [0.5, 0.6) is 0 Å². The minimum absolute atomic E-state index is 0.231. The number of aromatic amines is 1. The van der Waals surface area contributed by atoms with Crippen LogP contribution in [0.4, 0.5) is 0 Å². The van der Waals surface area contributed by atoms with Gasteiger partial charge in [0.2, 0.25) is 10.0 Å². The van der Waals surface area contributed by atoms with Crippen LogP contribution in [0.1, 0.15) is 31.7 Å². The first kappa shape index (κ1) is 16.1. The molecule has 1 rings (SSSR count). The predicted octanol–water partition coefficient (Wildman–Crippen LogP) is 1.37. The molecule has 0 saturated heterocycles. The number of hydrogen-bond donors (Lipinski definition) is 2. The quantitative estimate of drug-likeness (QED) is 0.708. The molecule has 1 heterocycles. The highest BCUT2D eigenvalue weighted by Crippen LogP contribution is 2.15. The fourth-order valence-electron chi connectivity index (χ4n) is 1.68. The molecule has 0 aliphatic heterocycles. The molecular weight excluding hydrogens is 266 g/mol. The predicted molar refractivity (Wildman–Crippen MR) is 73.5 cm³/mol. The van der Waals surface area contributed by atoms with Gasteiger partial charge in [-0.15, -0.1) is 0 Å².